The second-order valence-electron chi connectivity index (χ2n) is 5.50. The number of carbonyl (C=O) groups is 1. The van der Waals surface area contributed by atoms with Gasteiger partial charge < -0.3 is 5.32 Å². The summed E-state index contributed by atoms with van der Waals surface area (Å²) < 4.78 is 26.1. The first kappa shape index (κ1) is 17.1. The molecule has 1 heterocycles. The van der Waals surface area contributed by atoms with Crippen LogP contribution in [0.5, 0.6) is 0 Å². The highest BCUT2D eigenvalue weighted by atomic mass is 32.2. The van der Waals surface area contributed by atoms with E-state index in [9.17, 15) is 13.2 Å². The van der Waals surface area contributed by atoms with E-state index in [1.54, 1.807) is 36.5 Å². The third kappa shape index (κ3) is 3.96. The molecule has 2 rings (SSSR count). The maximum absolute atomic E-state index is 13.0. The summed E-state index contributed by atoms with van der Waals surface area (Å²) >= 11 is 0. The first-order valence-electron chi connectivity index (χ1n) is 7.28. The number of nitrogens with one attached hydrogen (secondary N) is 1. The van der Waals surface area contributed by atoms with E-state index in [2.05, 4.69) is 10.3 Å². The smallest absolute Gasteiger partial charge is 0.216 e. The molecule has 1 aromatic carbocycles. The molecule has 1 atom stereocenters. The van der Waals surface area contributed by atoms with Gasteiger partial charge >= 0.3 is 0 Å². The fourth-order valence-corrected chi connectivity index (χ4v) is 3.99. The van der Waals surface area contributed by atoms with E-state index in [1.807, 2.05) is 13.8 Å². The third-order valence-electron chi connectivity index (χ3n) is 3.77. The molecule has 0 saturated carbocycles. The lowest BCUT2D eigenvalue weighted by atomic mass is 10.1. The molecule has 122 valence electrons. The van der Waals surface area contributed by atoms with E-state index in [0.717, 1.165) is 11.1 Å². The number of aromatic nitrogens is 1. The third-order valence-corrected chi connectivity index (χ3v) is 5.87. The van der Waals surface area contributed by atoms with Crippen LogP contribution < -0.4 is 5.32 Å². The minimum Gasteiger partial charge on any atom is -0.355 e. The molecule has 0 bridgehead atoms. The summed E-state index contributed by atoms with van der Waals surface area (Å²) in [5.41, 5.74) is 2.50. The molecule has 0 aliphatic rings. The van der Waals surface area contributed by atoms with Crippen molar-refractivity contribution < 1.29 is 13.2 Å². The van der Waals surface area contributed by atoms with Crippen LogP contribution in [-0.4, -0.2) is 25.9 Å². The highest BCUT2D eigenvalue weighted by molar-refractivity contribution is 7.91. The highest BCUT2D eigenvalue weighted by Gasteiger charge is 2.29. The van der Waals surface area contributed by atoms with E-state index >= 15 is 0 Å². The number of nitrogens with zero attached hydrogens (tertiary/aromatic N) is 1. The summed E-state index contributed by atoms with van der Waals surface area (Å²) in [7, 11) is -3.64. The van der Waals surface area contributed by atoms with Gasteiger partial charge in [0.25, 0.3) is 0 Å². The zero-order chi connectivity index (χ0) is 17.0. The van der Waals surface area contributed by atoms with Crippen molar-refractivity contribution in [1.29, 1.82) is 0 Å². The fraction of sp³-hybridized carbons (Fsp3) is 0.294. The molecule has 1 aromatic heterocycles. The Morgan fingerprint density at radius 3 is 2.52 bits per heavy atom. The van der Waals surface area contributed by atoms with Gasteiger partial charge in [0.15, 0.2) is 9.84 Å². The summed E-state index contributed by atoms with van der Waals surface area (Å²) in [6.45, 7) is 5.18. The number of rotatable bonds is 5. The summed E-state index contributed by atoms with van der Waals surface area (Å²) in [6, 6.07) is 8.46. The fourth-order valence-electron chi connectivity index (χ4n) is 2.26. The summed E-state index contributed by atoms with van der Waals surface area (Å²) in [4.78, 5) is 15.5. The lowest BCUT2D eigenvalue weighted by molar-refractivity contribution is -0.118. The Morgan fingerprint density at radius 2 is 1.96 bits per heavy atom. The maximum Gasteiger partial charge on any atom is 0.216 e. The number of pyridine rings is 1. The molecule has 1 N–H and O–H groups in total. The van der Waals surface area contributed by atoms with Crippen LogP contribution >= 0.6 is 0 Å². The molecule has 2 aromatic rings. The average Bonchev–Trinajstić information content (AvgIpc) is 2.50. The van der Waals surface area contributed by atoms with Gasteiger partial charge in [-0.05, 0) is 48.7 Å². The number of benzene rings is 1. The Bertz CT molecular complexity index is 802. The van der Waals surface area contributed by atoms with Crippen molar-refractivity contribution in [2.24, 2.45) is 0 Å². The Labute approximate surface area is 136 Å². The van der Waals surface area contributed by atoms with Gasteiger partial charge in [-0.15, -0.1) is 0 Å². The van der Waals surface area contributed by atoms with Crippen molar-refractivity contribution in [2.75, 3.05) is 6.54 Å². The highest BCUT2D eigenvalue weighted by Crippen LogP contribution is 2.29. The quantitative estimate of drug-likeness (QED) is 0.912. The number of carbonyl (C=O) groups excluding carboxylic acids is 1. The van der Waals surface area contributed by atoms with Gasteiger partial charge in [0.05, 0.1) is 4.90 Å². The Morgan fingerprint density at radius 1 is 1.22 bits per heavy atom. The molecule has 0 spiro atoms. The first-order chi connectivity index (χ1) is 10.8. The Balaban J connectivity index is 2.47. The second-order valence-corrected chi connectivity index (χ2v) is 7.63. The summed E-state index contributed by atoms with van der Waals surface area (Å²) in [5.74, 6) is -0.269. The van der Waals surface area contributed by atoms with Crippen LogP contribution in [0.4, 0.5) is 0 Å². The topological polar surface area (TPSA) is 76.1 Å². The van der Waals surface area contributed by atoms with Crippen LogP contribution in [0.25, 0.3) is 0 Å². The molecule has 23 heavy (non-hydrogen) atoms. The van der Waals surface area contributed by atoms with Gasteiger partial charge in [-0.1, -0.05) is 12.1 Å². The SMILES string of the molecule is CC(=O)NC[C@H](c1cccnc1)S(=O)(=O)c1ccc(C)c(C)c1. The number of amides is 1. The van der Waals surface area contributed by atoms with Gasteiger partial charge in [-0.3, -0.25) is 9.78 Å². The maximum atomic E-state index is 13.0. The molecular formula is C17H20N2O3S. The first-order valence-corrected chi connectivity index (χ1v) is 8.82. The number of hydrogen-bond acceptors (Lipinski definition) is 4. The molecule has 0 unspecified atom stereocenters. The van der Waals surface area contributed by atoms with Crippen LogP contribution in [0.2, 0.25) is 0 Å². The summed E-state index contributed by atoms with van der Waals surface area (Å²) in [5, 5.41) is 1.73. The minimum absolute atomic E-state index is 0.0102. The van der Waals surface area contributed by atoms with E-state index < -0.39 is 15.1 Å². The van der Waals surface area contributed by atoms with E-state index in [4.69, 9.17) is 0 Å². The molecule has 0 radical (unpaired) electrons. The molecular weight excluding hydrogens is 312 g/mol. The largest absolute Gasteiger partial charge is 0.355 e. The lowest BCUT2D eigenvalue weighted by Gasteiger charge is -2.19. The standard InChI is InChI=1S/C17H20N2O3S/c1-12-6-7-16(9-13(12)2)23(21,22)17(11-19-14(3)20)15-5-4-8-18-10-15/h4-10,17H,11H2,1-3H3,(H,19,20)/t17-/m1/s1. The van der Waals surface area contributed by atoms with Gasteiger partial charge in [-0.2, -0.15) is 0 Å². The van der Waals surface area contributed by atoms with Crippen molar-refractivity contribution in [1.82, 2.24) is 10.3 Å². The Kier molecular flexibility index (Phi) is 5.15. The molecule has 0 fully saturated rings. The van der Waals surface area contributed by atoms with Gasteiger partial charge in [-0.25, -0.2) is 8.42 Å². The van der Waals surface area contributed by atoms with Crippen molar-refractivity contribution in [3.05, 3.63) is 59.4 Å². The molecule has 5 nitrogen and oxygen atoms in total. The average molecular weight is 332 g/mol. The molecule has 0 saturated heterocycles. The van der Waals surface area contributed by atoms with E-state index in [1.165, 1.54) is 13.1 Å². The van der Waals surface area contributed by atoms with Crippen LogP contribution in [0.3, 0.4) is 0 Å². The minimum atomic E-state index is -3.64. The van der Waals surface area contributed by atoms with Crippen LogP contribution in [-0.2, 0) is 14.6 Å². The van der Waals surface area contributed by atoms with E-state index in [-0.39, 0.29) is 17.3 Å². The van der Waals surface area contributed by atoms with Crippen molar-refractivity contribution in [2.45, 2.75) is 30.9 Å². The van der Waals surface area contributed by atoms with Crippen molar-refractivity contribution in [3.8, 4) is 0 Å². The predicted octanol–water partition coefficient (Wildman–Crippen LogP) is 2.35. The Hall–Kier alpha value is -2.21. The van der Waals surface area contributed by atoms with E-state index in [0.29, 0.717) is 5.56 Å². The monoisotopic (exact) mass is 332 g/mol. The van der Waals surface area contributed by atoms with Crippen LogP contribution in [0, 0.1) is 13.8 Å². The van der Waals surface area contributed by atoms with Crippen LogP contribution in [0.15, 0.2) is 47.6 Å². The lowest BCUT2D eigenvalue weighted by Crippen LogP contribution is -2.30. The predicted molar refractivity (Wildman–Crippen MR) is 88.8 cm³/mol. The van der Waals surface area contributed by atoms with Crippen molar-refractivity contribution >= 4 is 15.7 Å². The number of sulfone groups is 1. The summed E-state index contributed by atoms with van der Waals surface area (Å²) in [6.07, 6.45) is 3.10. The van der Waals surface area contributed by atoms with Crippen LogP contribution in [0.1, 0.15) is 28.9 Å². The van der Waals surface area contributed by atoms with Gasteiger partial charge in [0, 0.05) is 25.9 Å². The second kappa shape index (κ2) is 6.91. The normalized spacial score (nSPS) is 12.7. The number of aryl methyl sites for hydroxylation is 2. The van der Waals surface area contributed by atoms with Gasteiger partial charge in [0.2, 0.25) is 5.91 Å². The molecule has 0 aliphatic heterocycles. The molecule has 0 aliphatic carbocycles. The van der Waals surface area contributed by atoms with Crippen molar-refractivity contribution in [3.63, 3.8) is 0 Å². The molecule has 1 amide bonds. The molecule has 6 heteroatoms. The number of hydrogen-bond donors (Lipinski definition) is 1. The zero-order valence-corrected chi connectivity index (χ0v) is 14.2. The zero-order valence-electron chi connectivity index (χ0n) is 13.4. The van der Waals surface area contributed by atoms with Gasteiger partial charge in [0.1, 0.15) is 5.25 Å².